The van der Waals surface area contributed by atoms with Crippen molar-refractivity contribution < 1.29 is 14.6 Å². The molecule has 1 heterocycles. The molecular formula is C25H22ClNO3. The SMILES string of the molecule is COc1ccccc1CN1C(=O)C(O)=C(c2ccc(C)cc2)[C@H]1c1ccc(Cl)cc1. The van der Waals surface area contributed by atoms with Gasteiger partial charge in [-0.15, -0.1) is 0 Å². The zero-order chi connectivity index (χ0) is 21.3. The van der Waals surface area contributed by atoms with Crippen LogP contribution in [0.2, 0.25) is 5.02 Å². The molecule has 3 aromatic rings. The summed E-state index contributed by atoms with van der Waals surface area (Å²) in [6.07, 6.45) is 0. The van der Waals surface area contributed by atoms with Gasteiger partial charge in [0.25, 0.3) is 5.91 Å². The summed E-state index contributed by atoms with van der Waals surface area (Å²) < 4.78 is 5.47. The number of rotatable bonds is 5. The summed E-state index contributed by atoms with van der Waals surface area (Å²) >= 11 is 6.09. The van der Waals surface area contributed by atoms with Crippen molar-refractivity contribution in [3.63, 3.8) is 0 Å². The first kappa shape index (κ1) is 20.0. The van der Waals surface area contributed by atoms with Crippen molar-refractivity contribution in [3.8, 4) is 5.75 Å². The van der Waals surface area contributed by atoms with Crippen LogP contribution < -0.4 is 4.74 Å². The maximum Gasteiger partial charge on any atom is 0.290 e. The van der Waals surface area contributed by atoms with Crippen LogP contribution in [0.1, 0.15) is 28.3 Å². The van der Waals surface area contributed by atoms with Gasteiger partial charge in [-0.2, -0.15) is 0 Å². The van der Waals surface area contributed by atoms with Crippen molar-refractivity contribution in [1.29, 1.82) is 0 Å². The lowest BCUT2D eigenvalue weighted by Crippen LogP contribution is -2.30. The minimum atomic E-state index is -0.442. The number of ether oxygens (including phenoxy) is 1. The number of nitrogens with zero attached hydrogens (tertiary/aromatic N) is 1. The zero-order valence-electron chi connectivity index (χ0n) is 16.8. The van der Waals surface area contributed by atoms with Gasteiger partial charge in [0, 0.05) is 16.2 Å². The molecule has 0 aliphatic carbocycles. The first-order valence-electron chi connectivity index (χ1n) is 9.68. The average molecular weight is 420 g/mol. The Morgan fingerprint density at radius 2 is 1.67 bits per heavy atom. The van der Waals surface area contributed by atoms with Gasteiger partial charge < -0.3 is 14.7 Å². The van der Waals surface area contributed by atoms with Crippen LogP contribution in [0.4, 0.5) is 0 Å². The summed E-state index contributed by atoms with van der Waals surface area (Å²) in [5.74, 6) is 0.0635. The van der Waals surface area contributed by atoms with E-state index in [1.54, 1.807) is 24.1 Å². The van der Waals surface area contributed by atoms with Crippen LogP contribution >= 0.6 is 11.6 Å². The highest BCUT2D eigenvalue weighted by atomic mass is 35.5. The van der Waals surface area contributed by atoms with Crippen molar-refractivity contribution in [2.45, 2.75) is 19.5 Å². The number of aliphatic hydroxyl groups is 1. The summed E-state index contributed by atoms with van der Waals surface area (Å²) in [6, 6.07) is 22.3. The lowest BCUT2D eigenvalue weighted by atomic mass is 9.93. The lowest BCUT2D eigenvalue weighted by molar-refractivity contribution is -0.130. The number of aryl methyl sites for hydroxylation is 1. The highest BCUT2D eigenvalue weighted by Crippen LogP contribution is 2.44. The van der Waals surface area contributed by atoms with Crippen molar-refractivity contribution in [2.75, 3.05) is 7.11 Å². The monoisotopic (exact) mass is 419 g/mol. The molecule has 4 nitrogen and oxygen atoms in total. The molecule has 5 heteroatoms. The van der Waals surface area contributed by atoms with Gasteiger partial charge in [-0.1, -0.05) is 71.8 Å². The normalized spacial score (nSPS) is 16.3. The molecule has 0 radical (unpaired) electrons. The Hall–Kier alpha value is -3.24. The maximum atomic E-state index is 13.2. The molecule has 1 atom stereocenters. The molecule has 1 aliphatic heterocycles. The third kappa shape index (κ3) is 3.66. The summed E-state index contributed by atoms with van der Waals surface area (Å²) in [6.45, 7) is 2.30. The Morgan fingerprint density at radius 3 is 2.33 bits per heavy atom. The van der Waals surface area contributed by atoms with E-state index in [-0.39, 0.29) is 5.76 Å². The topological polar surface area (TPSA) is 49.8 Å². The van der Waals surface area contributed by atoms with Gasteiger partial charge >= 0.3 is 0 Å². The Labute approximate surface area is 181 Å². The number of amides is 1. The summed E-state index contributed by atoms with van der Waals surface area (Å²) in [4.78, 5) is 14.8. The van der Waals surface area contributed by atoms with Gasteiger partial charge in [0.2, 0.25) is 0 Å². The van der Waals surface area contributed by atoms with Gasteiger partial charge in [-0.3, -0.25) is 4.79 Å². The van der Waals surface area contributed by atoms with Gasteiger partial charge in [-0.25, -0.2) is 0 Å². The quantitative estimate of drug-likeness (QED) is 0.576. The van der Waals surface area contributed by atoms with E-state index in [0.29, 0.717) is 22.9 Å². The van der Waals surface area contributed by atoms with Crippen molar-refractivity contribution in [3.05, 3.63) is 106 Å². The molecule has 0 saturated heterocycles. The summed E-state index contributed by atoms with van der Waals surface area (Å²) in [5.41, 5.74) is 4.26. The summed E-state index contributed by atoms with van der Waals surface area (Å²) in [7, 11) is 1.61. The fourth-order valence-corrected chi connectivity index (χ4v) is 3.98. The molecule has 1 N–H and O–H groups in total. The van der Waals surface area contributed by atoms with Crippen LogP contribution in [0.3, 0.4) is 0 Å². The van der Waals surface area contributed by atoms with Crippen molar-refractivity contribution in [1.82, 2.24) is 4.90 Å². The number of para-hydroxylation sites is 1. The number of carbonyl (C=O) groups excluding carboxylic acids is 1. The van der Waals surface area contributed by atoms with Crippen molar-refractivity contribution >= 4 is 23.1 Å². The van der Waals surface area contributed by atoms with E-state index in [4.69, 9.17) is 16.3 Å². The molecule has 1 aliphatic rings. The Balaban J connectivity index is 1.82. The van der Waals surface area contributed by atoms with Crippen LogP contribution in [0.25, 0.3) is 5.57 Å². The smallest absolute Gasteiger partial charge is 0.290 e. The van der Waals surface area contributed by atoms with Crippen LogP contribution in [0.15, 0.2) is 78.6 Å². The molecule has 3 aromatic carbocycles. The van der Waals surface area contributed by atoms with Gasteiger partial charge in [-0.05, 0) is 36.2 Å². The number of benzene rings is 3. The molecule has 0 bridgehead atoms. The minimum Gasteiger partial charge on any atom is -0.503 e. The van der Waals surface area contributed by atoms with E-state index in [2.05, 4.69) is 0 Å². The van der Waals surface area contributed by atoms with Crippen LogP contribution in [-0.4, -0.2) is 23.0 Å². The van der Waals surface area contributed by atoms with E-state index in [1.807, 2.05) is 67.6 Å². The molecule has 30 heavy (non-hydrogen) atoms. The first-order valence-corrected chi connectivity index (χ1v) is 10.1. The fourth-order valence-electron chi connectivity index (χ4n) is 3.85. The second kappa shape index (κ2) is 8.25. The van der Waals surface area contributed by atoms with E-state index < -0.39 is 11.9 Å². The lowest BCUT2D eigenvalue weighted by Gasteiger charge is -2.28. The van der Waals surface area contributed by atoms with E-state index in [0.717, 1.165) is 22.3 Å². The fraction of sp³-hybridized carbons (Fsp3) is 0.160. The standard InChI is InChI=1S/C25H22ClNO3/c1-16-7-9-17(10-8-16)22-23(18-11-13-20(26)14-12-18)27(25(29)24(22)28)15-19-5-3-4-6-21(19)30-2/h3-14,23,28H,15H2,1-2H3/t23-/m1/s1. The Morgan fingerprint density at radius 1 is 1.00 bits per heavy atom. The highest BCUT2D eigenvalue weighted by Gasteiger charge is 2.41. The number of aliphatic hydroxyl groups excluding tert-OH is 1. The van der Waals surface area contributed by atoms with E-state index in [1.165, 1.54) is 0 Å². The third-order valence-electron chi connectivity index (χ3n) is 5.39. The van der Waals surface area contributed by atoms with Crippen LogP contribution in [-0.2, 0) is 11.3 Å². The van der Waals surface area contributed by atoms with Crippen LogP contribution in [0, 0.1) is 6.92 Å². The molecule has 0 unspecified atom stereocenters. The molecule has 4 rings (SSSR count). The Bertz CT molecular complexity index is 1100. The number of carbonyl (C=O) groups is 1. The predicted octanol–water partition coefficient (Wildman–Crippen LogP) is 5.71. The summed E-state index contributed by atoms with van der Waals surface area (Å²) in [5, 5.41) is 11.5. The average Bonchev–Trinajstić information content (AvgIpc) is 3.00. The number of methoxy groups -OCH3 is 1. The molecule has 0 aromatic heterocycles. The number of hydrogen-bond donors (Lipinski definition) is 1. The number of halogens is 1. The van der Waals surface area contributed by atoms with Gasteiger partial charge in [0.15, 0.2) is 5.76 Å². The largest absolute Gasteiger partial charge is 0.503 e. The van der Waals surface area contributed by atoms with E-state index in [9.17, 15) is 9.90 Å². The van der Waals surface area contributed by atoms with Gasteiger partial charge in [0.1, 0.15) is 5.75 Å². The predicted molar refractivity (Wildman–Crippen MR) is 118 cm³/mol. The van der Waals surface area contributed by atoms with Crippen LogP contribution in [0.5, 0.6) is 5.75 Å². The maximum absolute atomic E-state index is 13.2. The Kier molecular flexibility index (Phi) is 5.51. The minimum absolute atomic E-state index is 0.228. The molecule has 0 spiro atoms. The molecule has 0 saturated carbocycles. The number of hydrogen-bond acceptors (Lipinski definition) is 3. The molecule has 152 valence electrons. The molecular weight excluding hydrogens is 398 g/mol. The van der Waals surface area contributed by atoms with E-state index >= 15 is 0 Å². The van der Waals surface area contributed by atoms with Crippen molar-refractivity contribution in [2.24, 2.45) is 0 Å². The second-order valence-corrected chi connectivity index (χ2v) is 7.76. The zero-order valence-corrected chi connectivity index (χ0v) is 17.6. The molecule has 0 fully saturated rings. The second-order valence-electron chi connectivity index (χ2n) is 7.33. The van der Waals surface area contributed by atoms with Gasteiger partial charge in [0.05, 0.1) is 19.7 Å². The highest BCUT2D eigenvalue weighted by molar-refractivity contribution is 6.30. The first-order chi connectivity index (χ1) is 14.5. The third-order valence-corrected chi connectivity index (χ3v) is 5.64. The molecule has 1 amide bonds.